The number of aromatic amines is 1. The van der Waals surface area contributed by atoms with Crippen LogP contribution < -0.4 is 21.5 Å². The summed E-state index contributed by atoms with van der Waals surface area (Å²) in [6.07, 6.45) is 2.51. The van der Waals surface area contributed by atoms with E-state index in [0.717, 1.165) is 4.57 Å². The lowest BCUT2D eigenvalue weighted by Gasteiger charge is -2.34. The number of hydrogen-bond acceptors (Lipinski definition) is 4. The van der Waals surface area contributed by atoms with Crippen LogP contribution in [0.15, 0.2) is 40.1 Å². The fourth-order valence-corrected chi connectivity index (χ4v) is 2.96. The van der Waals surface area contributed by atoms with Gasteiger partial charge in [-0.3, -0.25) is 14.6 Å². The zero-order valence-corrected chi connectivity index (χ0v) is 13.8. The molecule has 1 saturated heterocycles. The Morgan fingerprint density at radius 3 is 2.60 bits per heavy atom. The Morgan fingerprint density at radius 2 is 1.92 bits per heavy atom. The van der Waals surface area contributed by atoms with Gasteiger partial charge in [-0.05, 0) is 25.0 Å². The van der Waals surface area contributed by atoms with Gasteiger partial charge in [0.15, 0.2) is 0 Å². The predicted molar refractivity (Wildman–Crippen MR) is 91.4 cm³/mol. The number of amides is 1. The monoisotopic (exact) mass is 346 g/mol. The highest BCUT2D eigenvalue weighted by molar-refractivity contribution is 5.93. The molecule has 0 radical (unpaired) electrons. The summed E-state index contributed by atoms with van der Waals surface area (Å²) < 4.78 is 15.0. The summed E-state index contributed by atoms with van der Waals surface area (Å²) in [7, 11) is 1.46. The lowest BCUT2D eigenvalue weighted by Crippen LogP contribution is -2.46. The van der Waals surface area contributed by atoms with Gasteiger partial charge in [0.05, 0.1) is 5.69 Å². The highest BCUT2D eigenvalue weighted by Crippen LogP contribution is 2.22. The summed E-state index contributed by atoms with van der Waals surface area (Å²) in [6.45, 7) is 1.21. The van der Waals surface area contributed by atoms with Gasteiger partial charge in [-0.15, -0.1) is 0 Å². The standard InChI is InChI=1S/C17H19FN4O3/c1-21-10-12(16(24)20-17(21)25)15(23)19-11-6-8-22(9-7-11)14-5-3-2-4-13(14)18/h2-5,10-11H,6-9H2,1H3,(H,19,23)(H,20,24,25). The number of anilines is 1. The number of rotatable bonds is 3. The van der Waals surface area contributed by atoms with Crippen molar-refractivity contribution in [2.24, 2.45) is 7.05 Å². The fraction of sp³-hybridized carbons (Fsp3) is 0.353. The Bertz CT molecular complexity index is 897. The number of aryl methyl sites for hydroxylation is 1. The molecule has 7 nitrogen and oxygen atoms in total. The number of H-pyrrole nitrogens is 1. The summed E-state index contributed by atoms with van der Waals surface area (Å²) in [5.74, 6) is -0.775. The number of carbonyl (C=O) groups is 1. The molecule has 25 heavy (non-hydrogen) atoms. The number of nitrogens with zero attached hydrogens (tertiary/aromatic N) is 2. The summed E-state index contributed by atoms with van der Waals surface area (Å²) in [6, 6.07) is 6.49. The Kier molecular flexibility index (Phi) is 4.69. The van der Waals surface area contributed by atoms with Gasteiger partial charge in [0.2, 0.25) is 0 Å². The molecular formula is C17H19FN4O3. The zero-order chi connectivity index (χ0) is 18.0. The highest BCUT2D eigenvalue weighted by Gasteiger charge is 2.23. The van der Waals surface area contributed by atoms with E-state index in [9.17, 15) is 18.8 Å². The van der Waals surface area contributed by atoms with Gasteiger partial charge < -0.3 is 14.8 Å². The van der Waals surface area contributed by atoms with Gasteiger partial charge in [-0.25, -0.2) is 9.18 Å². The number of carbonyl (C=O) groups excluding carboxylic acids is 1. The van der Waals surface area contributed by atoms with E-state index in [4.69, 9.17) is 0 Å². The molecule has 3 rings (SSSR count). The van der Waals surface area contributed by atoms with E-state index in [1.807, 2.05) is 4.90 Å². The average molecular weight is 346 g/mol. The SMILES string of the molecule is Cn1cc(C(=O)NC2CCN(c3ccccc3F)CC2)c(=O)[nH]c1=O. The van der Waals surface area contributed by atoms with Gasteiger partial charge in [-0.2, -0.15) is 0 Å². The van der Waals surface area contributed by atoms with Crippen LogP contribution in [0.2, 0.25) is 0 Å². The van der Waals surface area contributed by atoms with Crippen LogP contribution in [-0.2, 0) is 7.05 Å². The molecule has 1 aliphatic rings. The van der Waals surface area contributed by atoms with Crippen LogP contribution >= 0.6 is 0 Å². The molecule has 1 aromatic carbocycles. The smallest absolute Gasteiger partial charge is 0.328 e. The van der Waals surface area contributed by atoms with Crippen LogP contribution in [0, 0.1) is 5.82 Å². The molecular weight excluding hydrogens is 327 g/mol. The Hall–Kier alpha value is -2.90. The van der Waals surface area contributed by atoms with Crippen molar-refractivity contribution < 1.29 is 9.18 Å². The topological polar surface area (TPSA) is 87.2 Å². The molecule has 8 heteroatoms. The molecule has 1 amide bonds. The van der Waals surface area contributed by atoms with Crippen molar-refractivity contribution in [3.63, 3.8) is 0 Å². The van der Waals surface area contributed by atoms with Gasteiger partial charge >= 0.3 is 5.69 Å². The molecule has 1 fully saturated rings. The van der Waals surface area contributed by atoms with Crippen molar-refractivity contribution in [3.05, 3.63) is 62.7 Å². The van der Waals surface area contributed by atoms with Crippen LogP contribution in [0.1, 0.15) is 23.2 Å². The minimum absolute atomic E-state index is 0.0985. The molecule has 0 spiro atoms. The second-order valence-corrected chi connectivity index (χ2v) is 6.10. The minimum atomic E-state index is -0.704. The summed E-state index contributed by atoms with van der Waals surface area (Å²) in [5.41, 5.74) is -0.815. The lowest BCUT2D eigenvalue weighted by atomic mass is 10.0. The van der Waals surface area contributed by atoms with E-state index >= 15 is 0 Å². The molecule has 2 aromatic rings. The van der Waals surface area contributed by atoms with E-state index in [0.29, 0.717) is 31.6 Å². The first kappa shape index (κ1) is 16.9. The maximum atomic E-state index is 13.8. The molecule has 0 bridgehead atoms. The first-order chi connectivity index (χ1) is 12.0. The van der Waals surface area contributed by atoms with Crippen LogP contribution in [0.3, 0.4) is 0 Å². The van der Waals surface area contributed by atoms with E-state index in [1.165, 1.54) is 19.3 Å². The summed E-state index contributed by atoms with van der Waals surface area (Å²) >= 11 is 0. The van der Waals surface area contributed by atoms with E-state index < -0.39 is 17.2 Å². The molecule has 1 aliphatic heterocycles. The Balaban J connectivity index is 1.64. The molecule has 0 saturated carbocycles. The lowest BCUT2D eigenvalue weighted by molar-refractivity contribution is 0.0928. The third kappa shape index (κ3) is 3.62. The fourth-order valence-electron chi connectivity index (χ4n) is 2.96. The van der Waals surface area contributed by atoms with E-state index in [1.54, 1.807) is 18.2 Å². The first-order valence-electron chi connectivity index (χ1n) is 8.06. The van der Waals surface area contributed by atoms with Crippen molar-refractivity contribution in [2.75, 3.05) is 18.0 Å². The van der Waals surface area contributed by atoms with Crippen molar-refractivity contribution in [1.82, 2.24) is 14.9 Å². The number of para-hydroxylation sites is 1. The van der Waals surface area contributed by atoms with Crippen LogP contribution in [0.25, 0.3) is 0 Å². The highest BCUT2D eigenvalue weighted by atomic mass is 19.1. The van der Waals surface area contributed by atoms with Gasteiger partial charge in [0.1, 0.15) is 11.4 Å². The van der Waals surface area contributed by atoms with Gasteiger partial charge in [-0.1, -0.05) is 12.1 Å². The number of halogens is 1. The normalized spacial score (nSPS) is 15.2. The Morgan fingerprint density at radius 1 is 1.24 bits per heavy atom. The van der Waals surface area contributed by atoms with Crippen LogP contribution in [0.4, 0.5) is 10.1 Å². The summed E-state index contributed by atoms with van der Waals surface area (Å²) in [5, 5.41) is 2.81. The van der Waals surface area contributed by atoms with Crippen molar-refractivity contribution in [3.8, 4) is 0 Å². The number of aromatic nitrogens is 2. The predicted octanol–water partition coefficient (Wildman–Crippen LogP) is 0.612. The van der Waals surface area contributed by atoms with Gasteiger partial charge in [0, 0.05) is 32.4 Å². The quantitative estimate of drug-likeness (QED) is 0.853. The third-order valence-corrected chi connectivity index (χ3v) is 4.38. The number of benzene rings is 1. The minimum Gasteiger partial charge on any atom is -0.369 e. The van der Waals surface area contributed by atoms with Gasteiger partial charge in [0.25, 0.3) is 11.5 Å². The largest absolute Gasteiger partial charge is 0.369 e. The second-order valence-electron chi connectivity index (χ2n) is 6.10. The number of piperidine rings is 1. The summed E-state index contributed by atoms with van der Waals surface area (Å²) in [4.78, 5) is 39.4. The Labute approximate surface area is 143 Å². The van der Waals surface area contributed by atoms with Crippen molar-refractivity contribution in [2.45, 2.75) is 18.9 Å². The molecule has 2 heterocycles. The molecule has 0 unspecified atom stereocenters. The van der Waals surface area contributed by atoms with Crippen molar-refractivity contribution in [1.29, 1.82) is 0 Å². The zero-order valence-electron chi connectivity index (χ0n) is 13.8. The molecule has 2 N–H and O–H groups in total. The molecule has 0 aliphatic carbocycles. The van der Waals surface area contributed by atoms with Crippen molar-refractivity contribution >= 4 is 11.6 Å². The second kappa shape index (κ2) is 6.92. The van der Waals surface area contributed by atoms with Crippen LogP contribution in [0.5, 0.6) is 0 Å². The maximum absolute atomic E-state index is 13.8. The molecule has 1 aromatic heterocycles. The third-order valence-electron chi connectivity index (χ3n) is 4.38. The first-order valence-corrected chi connectivity index (χ1v) is 8.06. The van der Waals surface area contributed by atoms with E-state index in [2.05, 4.69) is 10.3 Å². The van der Waals surface area contributed by atoms with Crippen LogP contribution in [-0.4, -0.2) is 34.6 Å². The average Bonchev–Trinajstić information content (AvgIpc) is 2.59. The maximum Gasteiger partial charge on any atom is 0.328 e. The number of nitrogens with one attached hydrogen (secondary N) is 2. The number of hydrogen-bond donors (Lipinski definition) is 2. The molecule has 132 valence electrons. The molecule has 0 atom stereocenters. The van der Waals surface area contributed by atoms with E-state index in [-0.39, 0.29) is 17.4 Å².